The van der Waals surface area contributed by atoms with Crippen LogP contribution in [0.3, 0.4) is 0 Å². The summed E-state index contributed by atoms with van der Waals surface area (Å²) in [6.45, 7) is 1.69. The third-order valence-corrected chi connectivity index (χ3v) is 2.53. The van der Waals surface area contributed by atoms with E-state index < -0.39 is 24.9 Å². The van der Waals surface area contributed by atoms with E-state index in [9.17, 15) is 18.0 Å². The van der Waals surface area contributed by atoms with E-state index >= 15 is 0 Å². The Bertz CT molecular complexity index is 442. The molecule has 1 aromatic rings. The number of esters is 1. The van der Waals surface area contributed by atoms with Gasteiger partial charge in [-0.3, -0.25) is 0 Å². The van der Waals surface area contributed by atoms with Gasteiger partial charge in [-0.1, -0.05) is 0 Å². The van der Waals surface area contributed by atoms with Crippen LogP contribution in [0.25, 0.3) is 0 Å². The Balaban J connectivity index is 2.57. The first-order valence-electron chi connectivity index (χ1n) is 6.35. The molecular formula is C12H18F3N3O3. The van der Waals surface area contributed by atoms with Gasteiger partial charge in [0.15, 0.2) is 0 Å². The van der Waals surface area contributed by atoms with Crippen LogP contribution < -0.4 is 11.1 Å². The monoisotopic (exact) mass is 309 g/mol. The van der Waals surface area contributed by atoms with Crippen LogP contribution in [0.4, 0.5) is 18.9 Å². The van der Waals surface area contributed by atoms with Crippen LogP contribution in [0.15, 0.2) is 12.3 Å². The molecule has 1 aromatic heterocycles. The number of alkyl halides is 3. The quantitative estimate of drug-likeness (QED) is 0.602. The first-order valence-corrected chi connectivity index (χ1v) is 6.35. The van der Waals surface area contributed by atoms with Crippen LogP contribution in [-0.4, -0.2) is 49.5 Å². The summed E-state index contributed by atoms with van der Waals surface area (Å²) in [7, 11) is 0. The van der Waals surface area contributed by atoms with Gasteiger partial charge in [0, 0.05) is 19.3 Å². The smallest absolute Gasteiger partial charge is 0.356 e. The van der Waals surface area contributed by atoms with Crippen molar-refractivity contribution in [3.63, 3.8) is 0 Å². The number of aromatic nitrogens is 1. The number of halogens is 3. The standard InChI is InChI=1S/C12H18F3N3O3/c1-2-20-12(19)9-8(3-4-17-9)18-6-7(5-16)21-11(15)10(13)14/h3-4,7,10-11,17-18H,2,5-6,16H2,1H3. The van der Waals surface area contributed by atoms with Gasteiger partial charge in [-0.2, -0.15) is 0 Å². The lowest BCUT2D eigenvalue weighted by Crippen LogP contribution is -2.35. The van der Waals surface area contributed by atoms with Crippen LogP contribution in [0, 0.1) is 0 Å². The summed E-state index contributed by atoms with van der Waals surface area (Å²) in [6, 6.07) is 1.56. The number of anilines is 1. The van der Waals surface area contributed by atoms with Crippen LogP contribution in [-0.2, 0) is 9.47 Å². The predicted molar refractivity (Wildman–Crippen MR) is 70.1 cm³/mol. The van der Waals surface area contributed by atoms with E-state index in [1.165, 1.54) is 6.20 Å². The molecule has 120 valence electrons. The van der Waals surface area contributed by atoms with Crippen molar-refractivity contribution in [3.8, 4) is 0 Å². The molecule has 9 heteroatoms. The molecule has 0 aliphatic carbocycles. The second-order valence-corrected chi connectivity index (χ2v) is 4.05. The summed E-state index contributed by atoms with van der Waals surface area (Å²) in [5, 5.41) is 2.78. The van der Waals surface area contributed by atoms with Gasteiger partial charge in [-0.15, -0.1) is 0 Å². The Labute approximate surface area is 119 Å². The van der Waals surface area contributed by atoms with Crippen LogP contribution in [0.2, 0.25) is 0 Å². The molecule has 0 saturated heterocycles. The van der Waals surface area contributed by atoms with Gasteiger partial charge in [0.25, 0.3) is 12.8 Å². The molecule has 0 amide bonds. The lowest BCUT2D eigenvalue weighted by molar-refractivity contribution is -0.151. The molecule has 0 aliphatic rings. The van der Waals surface area contributed by atoms with Gasteiger partial charge >= 0.3 is 5.97 Å². The number of H-pyrrole nitrogens is 1. The maximum atomic E-state index is 12.8. The first-order chi connectivity index (χ1) is 9.99. The number of carbonyl (C=O) groups is 1. The fourth-order valence-electron chi connectivity index (χ4n) is 1.54. The number of nitrogens with two attached hydrogens (primary N) is 1. The molecule has 0 aromatic carbocycles. The van der Waals surface area contributed by atoms with Crippen molar-refractivity contribution in [1.82, 2.24) is 4.98 Å². The van der Waals surface area contributed by atoms with E-state index in [0.29, 0.717) is 5.69 Å². The zero-order chi connectivity index (χ0) is 15.8. The second-order valence-electron chi connectivity index (χ2n) is 4.05. The fourth-order valence-corrected chi connectivity index (χ4v) is 1.54. The molecule has 6 nitrogen and oxygen atoms in total. The zero-order valence-corrected chi connectivity index (χ0v) is 11.4. The maximum Gasteiger partial charge on any atom is 0.356 e. The van der Waals surface area contributed by atoms with Gasteiger partial charge in [0.1, 0.15) is 5.69 Å². The molecule has 2 atom stereocenters. The highest BCUT2D eigenvalue weighted by Crippen LogP contribution is 2.16. The lowest BCUT2D eigenvalue weighted by Gasteiger charge is -2.19. The molecule has 0 aliphatic heterocycles. The molecule has 0 saturated carbocycles. The molecule has 21 heavy (non-hydrogen) atoms. The third kappa shape index (κ3) is 5.27. The number of aromatic amines is 1. The van der Waals surface area contributed by atoms with Crippen molar-refractivity contribution in [3.05, 3.63) is 18.0 Å². The summed E-state index contributed by atoms with van der Waals surface area (Å²) < 4.78 is 46.2. The molecule has 0 fully saturated rings. The van der Waals surface area contributed by atoms with E-state index in [1.807, 2.05) is 0 Å². The van der Waals surface area contributed by atoms with E-state index in [0.717, 1.165) is 0 Å². The van der Waals surface area contributed by atoms with Crippen LogP contribution in [0.5, 0.6) is 0 Å². The number of nitrogens with one attached hydrogen (secondary N) is 2. The van der Waals surface area contributed by atoms with Gasteiger partial charge in [0.05, 0.1) is 18.4 Å². The number of hydrogen-bond acceptors (Lipinski definition) is 5. The first kappa shape index (κ1) is 17.3. The number of rotatable bonds is 9. The molecule has 0 radical (unpaired) electrons. The Morgan fingerprint density at radius 3 is 2.76 bits per heavy atom. The number of hydrogen-bond donors (Lipinski definition) is 3. The largest absolute Gasteiger partial charge is 0.461 e. The van der Waals surface area contributed by atoms with E-state index in [-0.39, 0.29) is 25.4 Å². The highest BCUT2D eigenvalue weighted by Gasteiger charge is 2.24. The Kier molecular flexibility index (Phi) is 7.03. The van der Waals surface area contributed by atoms with Crippen LogP contribution >= 0.6 is 0 Å². The lowest BCUT2D eigenvalue weighted by atomic mass is 10.3. The molecule has 1 rings (SSSR count). The minimum Gasteiger partial charge on any atom is -0.461 e. The van der Waals surface area contributed by atoms with Gasteiger partial charge in [0.2, 0.25) is 0 Å². The molecule has 1 heterocycles. The molecular weight excluding hydrogens is 291 g/mol. The second kappa shape index (κ2) is 8.53. The number of ether oxygens (including phenoxy) is 2. The summed E-state index contributed by atoms with van der Waals surface area (Å²) in [5.41, 5.74) is 5.90. The van der Waals surface area contributed by atoms with Crippen molar-refractivity contribution in [2.45, 2.75) is 25.8 Å². The summed E-state index contributed by atoms with van der Waals surface area (Å²) in [6.07, 6.45) is -5.39. The minimum absolute atomic E-state index is 0.0338. The van der Waals surface area contributed by atoms with Crippen molar-refractivity contribution in [1.29, 1.82) is 0 Å². The van der Waals surface area contributed by atoms with E-state index in [4.69, 9.17) is 10.5 Å². The average Bonchev–Trinajstić information content (AvgIpc) is 2.91. The molecule has 4 N–H and O–H groups in total. The van der Waals surface area contributed by atoms with Crippen molar-refractivity contribution < 1.29 is 27.4 Å². The maximum absolute atomic E-state index is 12.8. The third-order valence-electron chi connectivity index (χ3n) is 2.53. The van der Waals surface area contributed by atoms with Crippen molar-refractivity contribution in [2.24, 2.45) is 5.73 Å². The molecule has 0 spiro atoms. The Hall–Kier alpha value is -1.74. The van der Waals surface area contributed by atoms with Crippen molar-refractivity contribution >= 4 is 11.7 Å². The highest BCUT2D eigenvalue weighted by atomic mass is 19.3. The zero-order valence-electron chi connectivity index (χ0n) is 11.4. The van der Waals surface area contributed by atoms with E-state index in [1.54, 1.807) is 13.0 Å². The van der Waals surface area contributed by atoms with Crippen LogP contribution in [0.1, 0.15) is 17.4 Å². The Morgan fingerprint density at radius 2 is 2.19 bits per heavy atom. The number of carbonyl (C=O) groups excluding carboxylic acids is 1. The summed E-state index contributed by atoms with van der Waals surface area (Å²) >= 11 is 0. The predicted octanol–water partition coefficient (Wildman–Crippen LogP) is 1.51. The minimum atomic E-state index is -3.23. The fraction of sp³-hybridized carbons (Fsp3) is 0.583. The van der Waals surface area contributed by atoms with Crippen molar-refractivity contribution in [2.75, 3.05) is 25.0 Å². The van der Waals surface area contributed by atoms with Gasteiger partial charge in [-0.05, 0) is 13.0 Å². The van der Waals surface area contributed by atoms with E-state index in [2.05, 4.69) is 15.0 Å². The van der Waals surface area contributed by atoms with Gasteiger partial charge in [-0.25, -0.2) is 18.0 Å². The summed E-state index contributed by atoms with van der Waals surface area (Å²) in [5.74, 6) is -0.564. The van der Waals surface area contributed by atoms with Gasteiger partial charge < -0.3 is 25.5 Å². The SMILES string of the molecule is CCOC(=O)c1[nH]ccc1NCC(CN)OC(F)C(F)F. The molecule has 0 bridgehead atoms. The normalized spacial score (nSPS) is 14.0. The average molecular weight is 309 g/mol. The summed E-state index contributed by atoms with van der Waals surface area (Å²) in [4.78, 5) is 14.3. The topological polar surface area (TPSA) is 89.4 Å². The highest BCUT2D eigenvalue weighted by molar-refractivity contribution is 5.93. The Morgan fingerprint density at radius 1 is 1.48 bits per heavy atom. The molecule has 2 unspecified atom stereocenters.